The first-order chi connectivity index (χ1) is 7.28. The topological polar surface area (TPSA) is 26.0 Å². The Morgan fingerprint density at radius 2 is 1.56 bits per heavy atom. The zero-order valence-corrected chi connectivity index (χ0v) is 8.82. The van der Waals surface area contributed by atoms with Crippen molar-refractivity contribution in [1.82, 2.24) is 0 Å². The molecule has 0 heterocycles. The maximum atomic E-state index is 13.4. The molecule has 2 rings (SSSR count). The molecule has 5 heteroatoms. The molecule has 0 unspecified atom stereocenters. The molecule has 0 spiro atoms. The second-order valence-electron chi connectivity index (χ2n) is 4.71. The summed E-state index contributed by atoms with van der Waals surface area (Å²) in [5, 5.41) is 0. The molecule has 0 bridgehead atoms. The van der Waals surface area contributed by atoms with Gasteiger partial charge in [-0.2, -0.15) is 0 Å². The van der Waals surface area contributed by atoms with Crippen LogP contribution in [-0.4, -0.2) is 6.04 Å². The maximum absolute atomic E-state index is 13.4. The zero-order chi connectivity index (χ0) is 12.2. The van der Waals surface area contributed by atoms with E-state index >= 15 is 0 Å². The molecule has 1 aromatic rings. The fourth-order valence-corrected chi connectivity index (χ4v) is 2.09. The molecule has 0 aliphatic heterocycles. The Morgan fingerprint density at radius 3 is 2.00 bits per heavy atom. The summed E-state index contributed by atoms with van der Waals surface area (Å²) in [6.45, 7) is 3.53. The van der Waals surface area contributed by atoms with Crippen molar-refractivity contribution in [2.75, 3.05) is 0 Å². The lowest BCUT2D eigenvalue weighted by molar-refractivity contribution is 0.402. The minimum absolute atomic E-state index is 0.186. The van der Waals surface area contributed by atoms with Crippen molar-refractivity contribution in [3.8, 4) is 0 Å². The lowest BCUT2D eigenvalue weighted by atomic mass is 10.0. The second kappa shape index (κ2) is 3.20. The predicted molar refractivity (Wildman–Crippen MR) is 50.8 cm³/mol. The molecule has 88 valence electrons. The molecule has 2 atom stereocenters. The number of halogens is 4. The van der Waals surface area contributed by atoms with Crippen LogP contribution in [0.4, 0.5) is 17.6 Å². The van der Waals surface area contributed by atoms with Crippen LogP contribution in [0.2, 0.25) is 0 Å². The van der Waals surface area contributed by atoms with E-state index in [9.17, 15) is 17.6 Å². The molecule has 1 fully saturated rings. The summed E-state index contributed by atoms with van der Waals surface area (Å²) in [6, 6.07) is 0.318. The summed E-state index contributed by atoms with van der Waals surface area (Å²) in [7, 11) is 0. The number of nitrogens with two attached hydrogens (primary N) is 1. The lowest BCUT2D eigenvalue weighted by Crippen LogP contribution is -2.07. The first kappa shape index (κ1) is 11.4. The van der Waals surface area contributed by atoms with Crippen LogP contribution in [0.25, 0.3) is 0 Å². The molecule has 0 aromatic heterocycles. The van der Waals surface area contributed by atoms with Crippen LogP contribution in [0.1, 0.15) is 25.3 Å². The van der Waals surface area contributed by atoms with Crippen molar-refractivity contribution in [1.29, 1.82) is 0 Å². The Morgan fingerprint density at radius 1 is 1.06 bits per heavy atom. The summed E-state index contributed by atoms with van der Waals surface area (Å²) in [4.78, 5) is 0. The van der Waals surface area contributed by atoms with Gasteiger partial charge < -0.3 is 5.73 Å². The fraction of sp³-hybridized carbons (Fsp3) is 0.455. The van der Waals surface area contributed by atoms with Gasteiger partial charge >= 0.3 is 0 Å². The van der Waals surface area contributed by atoms with Crippen LogP contribution in [0, 0.1) is 28.7 Å². The largest absolute Gasteiger partial charge is 0.327 e. The van der Waals surface area contributed by atoms with E-state index in [1.165, 1.54) is 0 Å². The van der Waals surface area contributed by atoms with Crippen molar-refractivity contribution in [3.05, 3.63) is 34.9 Å². The van der Waals surface area contributed by atoms with Crippen molar-refractivity contribution in [3.63, 3.8) is 0 Å². The molecule has 0 radical (unpaired) electrons. The quantitative estimate of drug-likeness (QED) is 0.450. The van der Waals surface area contributed by atoms with Crippen LogP contribution in [0.15, 0.2) is 6.07 Å². The predicted octanol–water partition coefficient (Wildman–Crippen LogP) is 2.69. The van der Waals surface area contributed by atoms with Crippen LogP contribution in [-0.2, 0) is 0 Å². The fourth-order valence-electron chi connectivity index (χ4n) is 2.09. The van der Waals surface area contributed by atoms with Crippen molar-refractivity contribution >= 4 is 0 Å². The molecule has 0 amide bonds. The van der Waals surface area contributed by atoms with Gasteiger partial charge in [0.25, 0.3) is 0 Å². The van der Waals surface area contributed by atoms with Gasteiger partial charge in [-0.15, -0.1) is 0 Å². The highest BCUT2D eigenvalue weighted by molar-refractivity contribution is 5.36. The van der Waals surface area contributed by atoms with Gasteiger partial charge in [-0.3, -0.25) is 0 Å². The van der Waals surface area contributed by atoms with Crippen LogP contribution in [0.5, 0.6) is 0 Å². The highest BCUT2D eigenvalue weighted by Crippen LogP contribution is 2.58. The third-order valence-corrected chi connectivity index (χ3v) is 3.38. The van der Waals surface area contributed by atoms with Gasteiger partial charge in [-0.25, -0.2) is 17.6 Å². The van der Waals surface area contributed by atoms with E-state index in [2.05, 4.69) is 0 Å². The van der Waals surface area contributed by atoms with Crippen molar-refractivity contribution < 1.29 is 17.6 Å². The Labute approximate surface area is 90.3 Å². The Hall–Kier alpha value is -1.10. The SMILES string of the molecule is CC1(C)[C@H](N)[C@H]1c1cc(F)c(F)c(F)c1F. The van der Waals surface area contributed by atoms with E-state index in [1.807, 2.05) is 0 Å². The van der Waals surface area contributed by atoms with E-state index in [0.717, 1.165) is 0 Å². The summed E-state index contributed by atoms with van der Waals surface area (Å²) in [6.07, 6.45) is 0. The van der Waals surface area contributed by atoms with Gasteiger partial charge in [0.15, 0.2) is 23.3 Å². The van der Waals surface area contributed by atoms with Gasteiger partial charge in [0.05, 0.1) is 0 Å². The third-order valence-electron chi connectivity index (χ3n) is 3.38. The highest BCUT2D eigenvalue weighted by Gasteiger charge is 2.57. The second-order valence-corrected chi connectivity index (χ2v) is 4.71. The summed E-state index contributed by atoms with van der Waals surface area (Å²) >= 11 is 0. The molecule has 1 aliphatic rings. The average molecular weight is 233 g/mol. The monoisotopic (exact) mass is 233 g/mol. The highest BCUT2D eigenvalue weighted by atomic mass is 19.2. The molecular formula is C11H11F4N. The smallest absolute Gasteiger partial charge is 0.197 e. The maximum Gasteiger partial charge on any atom is 0.197 e. The molecule has 1 aliphatic carbocycles. The number of rotatable bonds is 1. The molecule has 0 saturated heterocycles. The zero-order valence-electron chi connectivity index (χ0n) is 8.82. The Kier molecular flexibility index (Phi) is 2.28. The van der Waals surface area contributed by atoms with E-state index in [1.54, 1.807) is 13.8 Å². The molecule has 1 saturated carbocycles. The minimum atomic E-state index is -1.78. The van der Waals surface area contributed by atoms with E-state index in [0.29, 0.717) is 6.07 Å². The Bertz CT molecular complexity index is 456. The molecular weight excluding hydrogens is 222 g/mol. The minimum Gasteiger partial charge on any atom is -0.327 e. The van der Waals surface area contributed by atoms with Crippen LogP contribution < -0.4 is 5.73 Å². The van der Waals surface area contributed by atoms with Gasteiger partial charge in [0, 0.05) is 12.0 Å². The van der Waals surface area contributed by atoms with Gasteiger partial charge in [-0.05, 0) is 17.0 Å². The number of hydrogen-bond acceptors (Lipinski definition) is 1. The first-order valence-corrected chi connectivity index (χ1v) is 4.87. The van der Waals surface area contributed by atoms with Gasteiger partial charge in [0.1, 0.15) is 0 Å². The molecule has 2 N–H and O–H groups in total. The number of benzene rings is 1. The average Bonchev–Trinajstić information content (AvgIpc) is 2.70. The van der Waals surface area contributed by atoms with Crippen molar-refractivity contribution in [2.24, 2.45) is 11.1 Å². The normalized spacial score (nSPS) is 26.9. The van der Waals surface area contributed by atoms with Gasteiger partial charge in [-0.1, -0.05) is 13.8 Å². The van der Waals surface area contributed by atoms with Crippen molar-refractivity contribution in [2.45, 2.75) is 25.8 Å². The van der Waals surface area contributed by atoms with E-state index in [-0.39, 0.29) is 11.6 Å². The molecule has 16 heavy (non-hydrogen) atoms. The van der Waals surface area contributed by atoms with Crippen LogP contribution >= 0.6 is 0 Å². The molecule has 1 aromatic carbocycles. The summed E-state index contributed by atoms with van der Waals surface area (Å²) < 4.78 is 52.1. The third kappa shape index (κ3) is 1.34. The molecule has 1 nitrogen and oxygen atoms in total. The first-order valence-electron chi connectivity index (χ1n) is 4.87. The number of hydrogen-bond donors (Lipinski definition) is 1. The van der Waals surface area contributed by atoms with Gasteiger partial charge in [0.2, 0.25) is 0 Å². The van der Waals surface area contributed by atoms with Crippen LogP contribution in [0.3, 0.4) is 0 Å². The van der Waals surface area contributed by atoms with E-state index in [4.69, 9.17) is 5.73 Å². The summed E-state index contributed by atoms with van der Waals surface area (Å²) in [5.41, 5.74) is 5.07. The van der Waals surface area contributed by atoms with E-state index < -0.39 is 34.6 Å². The lowest BCUT2D eigenvalue weighted by Gasteiger charge is -2.06. The standard InChI is InChI=1S/C11H11F4N/c1-11(2)6(10(11)16)4-3-5(12)8(14)9(15)7(4)13/h3,6,10H,16H2,1-2H3/t6-,10-/m1/s1. The summed E-state index contributed by atoms with van der Waals surface area (Å²) in [5.74, 6) is -6.76. The Balaban J connectivity index is 2.52.